The van der Waals surface area contributed by atoms with Crippen molar-refractivity contribution in [1.82, 2.24) is 19.9 Å². The highest BCUT2D eigenvalue weighted by atomic mass is 28.2. The van der Waals surface area contributed by atoms with Gasteiger partial charge in [0.1, 0.15) is 34.8 Å². The molecule has 2 aromatic carbocycles. The van der Waals surface area contributed by atoms with Crippen LogP contribution in [-0.2, 0) is 4.74 Å². The van der Waals surface area contributed by atoms with Crippen molar-refractivity contribution in [2.24, 2.45) is 17.8 Å². The van der Waals surface area contributed by atoms with Gasteiger partial charge in [0.15, 0.2) is 15.3 Å². The number of piperazine rings is 1. The third-order valence-electron chi connectivity index (χ3n) is 10.5. The number of nitrogens with zero attached hydrogens (tertiary/aromatic N) is 5. The van der Waals surface area contributed by atoms with Crippen LogP contribution in [0.4, 0.5) is 19.4 Å². The second-order valence-corrected chi connectivity index (χ2v) is 17.1. The fourth-order valence-electron chi connectivity index (χ4n) is 8.42. The van der Waals surface area contributed by atoms with E-state index in [1.54, 1.807) is 11.1 Å². The van der Waals surface area contributed by atoms with Gasteiger partial charge in [-0.25, -0.2) is 23.5 Å². The van der Waals surface area contributed by atoms with Crippen LogP contribution in [-0.4, -0.2) is 66.2 Å². The standard InChI is InChI=1S/C40H47F2N5O2Si/c1-23(2)40(24(3)4,25(5)6)50-16-15-26-11-10-12-27-17-28(41)18-31(33(26)27)35-34(42)36-32(19-43-35)37(45-22-44-36)47-29-13-14-30(47)21-46(20-29)38(48)49-39(7,8)9/h10-12,17-19,22-25,29-30H,13-14,20-21H2,1-9H3. The van der Waals surface area contributed by atoms with Crippen molar-refractivity contribution >= 4 is 43.1 Å². The molecule has 4 heterocycles. The summed E-state index contributed by atoms with van der Waals surface area (Å²) in [4.78, 5) is 30.4. The second-order valence-electron chi connectivity index (χ2n) is 15.7. The molecule has 2 atom stereocenters. The first-order valence-electron chi connectivity index (χ1n) is 17.7. The Bertz CT molecular complexity index is 1960. The summed E-state index contributed by atoms with van der Waals surface area (Å²) < 4.78 is 37.5. The van der Waals surface area contributed by atoms with Crippen molar-refractivity contribution in [1.29, 1.82) is 0 Å². The first-order chi connectivity index (χ1) is 23.6. The van der Waals surface area contributed by atoms with E-state index < -0.39 is 17.2 Å². The highest BCUT2D eigenvalue weighted by Crippen LogP contribution is 2.49. The zero-order chi connectivity index (χ0) is 36.1. The molecule has 0 spiro atoms. The number of pyridine rings is 1. The fraction of sp³-hybridized carbons (Fsp3) is 0.500. The fourth-order valence-corrected chi connectivity index (χ4v) is 9.70. The number of carbonyl (C=O) groups excluding carboxylic acids is 1. The van der Waals surface area contributed by atoms with E-state index in [9.17, 15) is 4.79 Å². The molecule has 1 amide bonds. The number of ether oxygens (including phenoxy) is 1. The van der Waals surface area contributed by atoms with Gasteiger partial charge in [0.2, 0.25) is 0 Å². The van der Waals surface area contributed by atoms with Gasteiger partial charge >= 0.3 is 6.09 Å². The molecular formula is C40H47F2N5O2Si. The molecule has 10 heteroatoms. The molecule has 262 valence electrons. The van der Waals surface area contributed by atoms with Gasteiger partial charge in [0, 0.05) is 47.9 Å². The number of anilines is 1. The van der Waals surface area contributed by atoms with Gasteiger partial charge in [0.05, 0.1) is 5.39 Å². The van der Waals surface area contributed by atoms with E-state index in [0.29, 0.717) is 73.5 Å². The Labute approximate surface area is 297 Å². The number of halogens is 2. The van der Waals surface area contributed by atoms with Crippen molar-refractivity contribution in [3.8, 4) is 22.7 Å². The maximum absolute atomic E-state index is 16.7. The van der Waals surface area contributed by atoms with Crippen molar-refractivity contribution in [2.75, 3.05) is 18.0 Å². The SMILES string of the molecule is CC(C)C([Si]C#Cc1cccc2cc(F)cc(-c3ncc4c(N5C6CCC5CN(C(=O)OC(C)(C)C)C6)ncnc4c3F)c12)(C(C)C)C(C)C. The molecule has 7 nitrogen and oxygen atoms in total. The topological polar surface area (TPSA) is 71.5 Å². The number of carbonyl (C=O) groups is 1. The molecular weight excluding hydrogens is 649 g/mol. The van der Waals surface area contributed by atoms with Crippen LogP contribution in [0.3, 0.4) is 0 Å². The predicted octanol–water partition coefficient (Wildman–Crippen LogP) is 8.85. The van der Waals surface area contributed by atoms with Gasteiger partial charge < -0.3 is 14.5 Å². The van der Waals surface area contributed by atoms with E-state index >= 15 is 8.78 Å². The number of aromatic nitrogens is 3. The van der Waals surface area contributed by atoms with Crippen LogP contribution in [0, 0.1) is 40.9 Å². The van der Waals surface area contributed by atoms with Gasteiger partial charge in [0.25, 0.3) is 0 Å². The van der Waals surface area contributed by atoms with Crippen molar-refractivity contribution in [2.45, 2.75) is 97.9 Å². The lowest BCUT2D eigenvalue weighted by Crippen LogP contribution is -2.56. The molecule has 2 aromatic heterocycles. The maximum Gasteiger partial charge on any atom is 0.410 e. The van der Waals surface area contributed by atoms with E-state index in [1.165, 1.54) is 18.5 Å². The number of hydrogen-bond acceptors (Lipinski definition) is 6. The third-order valence-corrected chi connectivity index (χ3v) is 12.9. The minimum Gasteiger partial charge on any atom is -0.444 e. The summed E-state index contributed by atoms with van der Waals surface area (Å²) in [5.74, 6) is 4.20. The summed E-state index contributed by atoms with van der Waals surface area (Å²) >= 11 is 0. The normalized spacial score (nSPS) is 18.0. The summed E-state index contributed by atoms with van der Waals surface area (Å²) in [6, 6.07) is 8.38. The average molecular weight is 696 g/mol. The summed E-state index contributed by atoms with van der Waals surface area (Å²) in [7, 11) is 0.397. The summed E-state index contributed by atoms with van der Waals surface area (Å²) in [6.45, 7) is 20.2. The van der Waals surface area contributed by atoms with Crippen LogP contribution in [0.1, 0.15) is 80.7 Å². The second kappa shape index (κ2) is 13.6. The minimum atomic E-state index is -0.638. The zero-order valence-electron chi connectivity index (χ0n) is 30.6. The van der Waals surface area contributed by atoms with Gasteiger partial charge in [-0.15, -0.1) is 5.54 Å². The maximum atomic E-state index is 16.7. The molecule has 0 saturated carbocycles. The van der Waals surface area contributed by atoms with Crippen LogP contribution in [0.2, 0.25) is 5.04 Å². The molecule has 2 aliphatic heterocycles. The molecule has 6 rings (SSSR count). The Hall–Kier alpha value is -4.10. The number of rotatable bonds is 6. The van der Waals surface area contributed by atoms with E-state index in [0.717, 1.165) is 12.8 Å². The first kappa shape index (κ1) is 35.7. The van der Waals surface area contributed by atoms with Crippen LogP contribution in [0.5, 0.6) is 0 Å². The number of benzene rings is 2. The molecule has 0 aliphatic carbocycles. The zero-order valence-corrected chi connectivity index (χ0v) is 31.6. The number of hydrogen-bond donors (Lipinski definition) is 0. The van der Waals surface area contributed by atoms with Gasteiger partial charge in [-0.3, -0.25) is 4.98 Å². The number of fused-ring (bicyclic) bond motifs is 4. The molecule has 2 unspecified atom stereocenters. The largest absolute Gasteiger partial charge is 0.444 e. The highest BCUT2D eigenvalue weighted by molar-refractivity contribution is 6.50. The van der Waals surface area contributed by atoms with E-state index in [4.69, 9.17) is 4.74 Å². The molecule has 0 N–H and O–H groups in total. The Morgan fingerprint density at radius 1 is 0.960 bits per heavy atom. The minimum absolute atomic E-state index is 0.00284. The average Bonchev–Trinajstić information content (AvgIpc) is 3.29. The van der Waals surface area contributed by atoms with Gasteiger partial charge in [-0.1, -0.05) is 59.6 Å². The van der Waals surface area contributed by atoms with E-state index in [1.807, 2.05) is 39.0 Å². The van der Waals surface area contributed by atoms with Crippen molar-refractivity contribution in [3.05, 3.63) is 60.1 Å². The summed E-state index contributed by atoms with van der Waals surface area (Å²) in [6.07, 6.45) is 4.38. The van der Waals surface area contributed by atoms with Crippen LogP contribution in [0.15, 0.2) is 42.9 Å². The monoisotopic (exact) mass is 695 g/mol. The van der Waals surface area contributed by atoms with Crippen molar-refractivity contribution < 1.29 is 18.3 Å². The smallest absolute Gasteiger partial charge is 0.410 e. The van der Waals surface area contributed by atoms with Gasteiger partial charge in [-0.05, 0) is 80.0 Å². The number of amides is 1. The lowest BCUT2D eigenvalue weighted by molar-refractivity contribution is 0.0209. The number of likely N-dealkylation sites (tertiary alicyclic amines) is 1. The molecule has 2 saturated heterocycles. The quantitative estimate of drug-likeness (QED) is 0.148. The Morgan fingerprint density at radius 3 is 2.24 bits per heavy atom. The molecule has 2 bridgehead atoms. The highest BCUT2D eigenvalue weighted by Gasteiger charge is 2.44. The van der Waals surface area contributed by atoms with Gasteiger partial charge in [-0.2, -0.15) is 0 Å². The van der Waals surface area contributed by atoms with Crippen molar-refractivity contribution in [3.63, 3.8) is 0 Å². The van der Waals surface area contributed by atoms with E-state index in [2.05, 4.69) is 72.9 Å². The lowest BCUT2D eigenvalue weighted by Gasteiger charge is -2.43. The Morgan fingerprint density at radius 2 is 1.62 bits per heavy atom. The first-order valence-corrected chi connectivity index (χ1v) is 18.7. The predicted molar refractivity (Wildman–Crippen MR) is 197 cm³/mol. The Kier molecular flexibility index (Phi) is 9.68. The third kappa shape index (κ3) is 6.45. The summed E-state index contributed by atoms with van der Waals surface area (Å²) in [5.41, 5.74) is 4.10. The molecule has 2 fully saturated rings. The van der Waals surface area contributed by atoms with Crippen LogP contribution < -0.4 is 4.90 Å². The molecule has 4 aromatic rings. The lowest BCUT2D eigenvalue weighted by atomic mass is 9.76. The summed E-state index contributed by atoms with van der Waals surface area (Å²) in [5, 5.41) is 1.82. The van der Waals surface area contributed by atoms with Crippen LogP contribution >= 0.6 is 0 Å². The molecule has 2 radical (unpaired) electrons. The molecule has 50 heavy (non-hydrogen) atoms. The van der Waals surface area contributed by atoms with Crippen LogP contribution in [0.25, 0.3) is 32.9 Å². The Balaban J connectivity index is 1.39. The van der Waals surface area contributed by atoms with E-state index in [-0.39, 0.29) is 34.4 Å². The molecule has 2 aliphatic rings.